The Morgan fingerprint density at radius 3 is 1.95 bits per heavy atom. The summed E-state index contributed by atoms with van der Waals surface area (Å²) in [5, 5.41) is 0. The van der Waals surface area contributed by atoms with Crippen LogP contribution >= 0.6 is 7.60 Å². The zero-order valence-electron chi connectivity index (χ0n) is 13.5. The van der Waals surface area contributed by atoms with Gasteiger partial charge in [0, 0.05) is 12.8 Å². The minimum absolute atomic E-state index is 0.128. The molecule has 0 amide bonds. The third-order valence-corrected chi connectivity index (χ3v) is 5.42. The Kier molecular flexibility index (Phi) is 10.5. The average molecular weight is 318 g/mol. The third kappa shape index (κ3) is 8.30. The van der Waals surface area contributed by atoms with Gasteiger partial charge >= 0.3 is 7.60 Å². The lowest BCUT2D eigenvalue weighted by atomic mass is 10.1. The summed E-state index contributed by atoms with van der Waals surface area (Å²) >= 11 is 0. The van der Waals surface area contributed by atoms with E-state index in [1.165, 1.54) is 0 Å². The summed E-state index contributed by atoms with van der Waals surface area (Å²) in [6.07, 6.45) is 5.84. The van der Waals surface area contributed by atoms with Gasteiger partial charge in [0.2, 0.25) is 0 Å². The first-order valence-corrected chi connectivity index (χ1v) is 9.04. The number of rotatable bonds is 12. The van der Waals surface area contributed by atoms with Gasteiger partial charge in [-0.15, -0.1) is 0 Å². The van der Waals surface area contributed by atoms with Crippen LogP contribution in [0.4, 0.5) is 0 Å². The Labute approximate surface area is 127 Å². The number of hydrogen-bond acceptors (Lipinski definition) is 5. The van der Waals surface area contributed by atoms with E-state index in [9.17, 15) is 14.2 Å². The zero-order chi connectivity index (χ0) is 16.3. The van der Waals surface area contributed by atoms with Crippen LogP contribution in [0.25, 0.3) is 0 Å². The fourth-order valence-corrected chi connectivity index (χ4v) is 3.48. The van der Waals surface area contributed by atoms with E-state index in [2.05, 4.69) is 0 Å². The van der Waals surface area contributed by atoms with Crippen molar-refractivity contribution < 1.29 is 23.2 Å². The summed E-state index contributed by atoms with van der Waals surface area (Å²) in [6.45, 7) is 7.09. The Morgan fingerprint density at radius 1 is 1.05 bits per heavy atom. The molecule has 0 aromatic carbocycles. The van der Waals surface area contributed by atoms with Crippen LogP contribution in [-0.4, -0.2) is 30.4 Å². The van der Waals surface area contributed by atoms with Crippen molar-refractivity contribution in [1.82, 2.24) is 0 Å². The van der Waals surface area contributed by atoms with Crippen molar-refractivity contribution >= 4 is 19.2 Å². The molecule has 0 aliphatic carbocycles. The molecule has 1 atom stereocenters. The van der Waals surface area contributed by atoms with Crippen LogP contribution in [0.5, 0.6) is 0 Å². The lowest BCUT2D eigenvalue weighted by Gasteiger charge is -2.22. The fraction of sp³-hybridized carbons (Fsp3) is 0.733. The van der Waals surface area contributed by atoms with E-state index in [-0.39, 0.29) is 24.8 Å². The summed E-state index contributed by atoms with van der Waals surface area (Å²) in [5.74, 6) is 0.0233. The van der Waals surface area contributed by atoms with Crippen molar-refractivity contribution in [3.63, 3.8) is 0 Å². The largest absolute Gasteiger partial charge is 0.340 e. The van der Waals surface area contributed by atoms with Gasteiger partial charge in [0.1, 0.15) is 17.2 Å². The summed E-state index contributed by atoms with van der Waals surface area (Å²) in [5.41, 5.74) is -0.747. The van der Waals surface area contributed by atoms with Crippen LogP contribution in [0.2, 0.25) is 0 Å². The van der Waals surface area contributed by atoms with Crippen LogP contribution in [0.1, 0.15) is 53.4 Å². The minimum atomic E-state index is -3.36. The second-order valence-corrected chi connectivity index (χ2v) is 7.14. The van der Waals surface area contributed by atoms with Gasteiger partial charge in [0.25, 0.3) is 0 Å². The molecule has 122 valence electrons. The molecule has 21 heavy (non-hydrogen) atoms. The van der Waals surface area contributed by atoms with Crippen LogP contribution < -0.4 is 0 Å². The van der Waals surface area contributed by atoms with Crippen LogP contribution in [-0.2, 0) is 23.2 Å². The standard InChI is InChI=1S/C15H27O5P/c1-5-19-21(18,20-6-2)14(4)15(17)12-10-8-7-9-11-13(3)16/h7-8,14H,5-6,9-12H2,1-4H3/b8-7+. The maximum Gasteiger partial charge on any atom is 0.340 e. The lowest BCUT2D eigenvalue weighted by molar-refractivity contribution is -0.119. The van der Waals surface area contributed by atoms with Crippen molar-refractivity contribution in [2.24, 2.45) is 0 Å². The summed E-state index contributed by atoms with van der Waals surface area (Å²) < 4.78 is 22.8. The van der Waals surface area contributed by atoms with Crippen LogP contribution in [0.15, 0.2) is 12.2 Å². The van der Waals surface area contributed by atoms with Gasteiger partial charge in [-0.25, -0.2) is 0 Å². The maximum absolute atomic E-state index is 12.4. The van der Waals surface area contributed by atoms with E-state index < -0.39 is 13.3 Å². The SMILES string of the molecule is CCOP(=O)(OCC)C(C)C(=O)CC/C=C/CCC(C)=O. The number of allylic oxidation sites excluding steroid dienone is 2. The second-order valence-electron chi connectivity index (χ2n) is 4.77. The second kappa shape index (κ2) is 10.9. The van der Waals surface area contributed by atoms with E-state index in [0.29, 0.717) is 25.7 Å². The van der Waals surface area contributed by atoms with Crippen molar-refractivity contribution in [3.05, 3.63) is 12.2 Å². The van der Waals surface area contributed by atoms with E-state index in [0.717, 1.165) is 0 Å². The first kappa shape index (κ1) is 20.2. The zero-order valence-corrected chi connectivity index (χ0v) is 14.4. The average Bonchev–Trinajstić information content (AvgIpc) is 2.41. The highest BCUT2D eigenvalue weighted by Crippen LogP contribution is 2.53. The number of hydrogen-bond donors (Lipinski definition) is 0. The van der Waals surface area contributed by atoms with Gasteiger partial charge in [-0.3, -0.25) is 9.36 Å². The maximum atomic E-state index is 12.4. The first-order chi connectivity index (χ1) is 9.87. The lowest BCUT2D eigenvalue weighted by Crippen LogP contribution is -2.20. The van der Waals surface area contributed by atoms with Gasteiger partial charge in [-0.05, 0) is 40.5 Å². The quantitative estimate of drug-likeness (QED) is 0.403. The van der Waals surface area contributed by atoms with Gasteiger partial charge in [0.15, 0.2) is 0 Å². The van der Waals surface area contributed by atoms with Gasteiger partial charge in [-0.1, -0.05) is 12.2 Å². The van der Waals surface area contributed by atoms with Gasteiger partial charge < -0.3 is 13.8 Å². The topological polar surface area (TPSA) is 69.7 Å². The first-order valence-electron chi connectivity index (χ1n) is 7.43. The molecule has 6 heteroatoms. The molecule has 5 nitrogen and oxygen atoms in total. The Bertz CT molecular complexity index is 393. The van der Waals surface area contributed by atoms with Crippen molar-refractivity contribution in [1.29, 1.82) is 0 Å². The Hall–Kier alpha value is -0.770. The molecule has 0 saturated heterocycles. The van der Waals surface area contributed by atoms with Gasteiger partial charge in [-0.2, -0.15) is 0 Å². The highest BCUT2D eigenvalue weighted by atomic mass is 31.2. The highest BCUT2D eigenvalue weighted by molar-refractivity contribution is 7.55. The molecule has 0 aliphatic heterocycles. The van der Waals surface area contributed by atoms with E-state index >= 15 is 0 Å². The summed E-state index contributed by atoms with van der Waals surface area (Å²) in [4.78, 5) is 22.8. The monoisotopic (exact) mass is 318 g/mol. The predicted molar refractivity (Wildman–Crippen MR) is 83.6 cm³/mol. The molecule has 0 bridgehead atoms. The molecule has 0 spiro atoms. The third-order valence-electron chi connectivity index (χ3n) is 2.95. The highest BCUT2D eigenvalue weighted by Gasteiger charge is 2.36. The molecular weight excluding hydrogens is 291 g/mol. The van der Waals surface area contributed by atoms with Crippen molar-refractivity contribution in [2.75, 3.05) is 13.2 Å². The van der Waals surface area contributed by atoms with E-state index in [4.69, 9.17) is 9.05 Å². The minimum Gasteiger partial charge on any atom is -0.308 e. The van der Waals surface area contributed by atoms with Crippen molar-refractivity contribution in [3.8, 4) is 0 Å². The Balaban J connectivity index is 4.30. The molecular formula is C15H27O5P. The number of Topliss-reactive ketones (excluding diaryl/α,β-unsaturated/α-hetero) is 2. The fourth-order valence-electron chi connectivity index (χ4n) is 1.75. The predicted octanol–water partition coefficient (Wildman–Crippen LogP) is 3.92. The molecule has 0 aromatic heterocycles. The van der Waals surface area contributed by atoms with Crippen LogP contribution in [0, 0.1) is 0 Å². The Morgan fingerprint density at radius 2 is 1.52 bits per heavy atom. The number of ketones is 2. The summed E-state index contributed by atoms with van der Waals surface area (Å²) in [7, 11) is -3.36. The molecule has 0 aromatic rings. The number of carbonyl (C=O) groups is 2. The molecule has 1 unspecified atom stereocenters. The van der Waals surface area contributed by atoms with E-state index in [1.54, 1.807) is 27.7 Å². The molecule has 0 N–H and O–H groups in total. The normalized spacial score (nSPS) is 13.5. The molecule has 0 heterocycles. The molecule has 0 radical (unpaired) electrons. The summed E-state index contributed by atoms with van der Waals surface area (Å²) in [6, 6.07) is 0. The van der Waals surface area contributed by atoms with Crippen molar-refractivity contribution in [2.45, 2.75) is 59.0 Å². The van der Waals surface area contributed by atoms with Gasteiger partial charge in [0.05, 0.1) is 13.2 Å². The smallest absolute Gasteiger partial charge is 0.308 e. The van der Waals surface area contributed by atoms with Crippen LogP contribution in [0.3, 0.4) is 0 Å². The molecule has 0 fully saturated rings. The molecule has 0 aliphatic rings. The number of carbonyl (C=O) groups excluding carboxylic acids is 2. The van der Waals surface area contributed by atoms with E-state index in [1.807, 2.05) is 12.2 Å². The molecule has 0 rings (SSSR count). The molecule has 0 saturated carbocycles.